The number of carbonyl (C=O) groups excluding carboxylic acids is 2. The van der Waals surface area contributed by atoms with Gasteiger partial charge in [0.2, 0.25) is 5.91 Å². The van der Waals surface area contributed by atoms with Crippen molar-refractivity contribution >= 4 is 11.7 Å². The van der Waals surface area contributed by atoms with Gasteiger partial charge in [0.15, 0.2) is 0 Å². The largest absolute Gasteiger partial charge is 0.370 e. The Morgan fingerprint density at radius 3 is 2.79 bits per heavy atom. The second kappa shape index (κ2) is 11.2. The molecule has 1 amide bonds. The Hall–Kier alpha value is -1.98. The fraction of sp³-hybridized carbons (Fsp3) is 0.730. The molecule has 2 aliphatic heterocycles. The normalized spacial score (nSPS) is 41.6. The average Bonchev–Trinajstić information content (AvgIpc) is 3.48. The van der Waals surface area contributed by atoms with Crippen LogP contribution in [0.15, 0.2) is 41.5 Å². The first-order chi connectivity index (χ1) is 20.2. The third kappa shape index (κ3) is 5.21. The highest BCUT2D eigenvalue weighted by Crippen LogP contribution is 2.64. The van der Waals surface area contributed by atoms with Crippen LogP contribution in [0.2, 0.25) is 0 Å². The van der Waals surface area contributed by atoms with Gasteiger partial charge in [-0.1, -0.05) is 55.3 Å². The predicted octanol–water partition coefficient (Wildman–Crippen LogP) is 6.51. The monoisotopic (exact) mass is 572 g/mol. The van der Waals surface area contributed by atoms with E-state index in [1.807, 2.05) is 30.3 Å². The number of ether oxygens (including phenoxy) is 1. The second-order valence-corrected chi connectivity index (χ2v) is 15.6. The number of hydrogen-bond acceptors (Lipinski definition) is 4. The van der Waals surface area contributed by atoms with Crippen LogP contribution in [0.4, 0.5) is 0 Å². The van der Waals surface area contributed by atoms with Crippen LogP contribution in [0.1, 0.15) is 97.0 Å². The zero-order chi connectivity index (χ0) is 29.1. The molecule has 5 nitrogen and oxygen atoms in total. The summed E-state index contributed by atoms with van der Waals surface area (Å²) in [4.78, 5) is 27.5. The molecule has 2 saturated heterocycles. The third-order valence-corrected chi connectivity index (χ3v) is 13.0. The second-order valence-electron chi connectivity index (χ2n) is 15.6. The van der Waals surface area contributed by atoms with E-state index in [1.165, 1.54) is 32.1 Å². The van der Waals surface area contributed by atoms with Gasteiger partial charge < -0.3 is 10.1 Å². The van der Waals surface area contributed by atoms with Gasteiger partial charge in [-0.25, -0.2) is 0 Å². The molecule has 0 unspecified atom stereocenters. The van der Waals surface area contributed by atoms with E-state index in [9.17, 15) is 9.59 Å². The van der Waals surface area contributed by atoms with Crippen LogP contribution >= 0.6 is 0 Å². The van der Waals surface area contributed by atoms with Gasteiger partial charge in [0.1, 0.15) is 5.78 Å². The third-order valence-electron chi connectivity index (χ3n) is 13.0. The molecule has 3 saturated carbocycles. The number of nitrogens with one attached hydrogen (secondary N) is 1. The number of piperidine rings is 1. The Kier molecular flexibility index (Phi) is 7.66. The molecule has 42 heavy (non-hydrogen) atoms. The minimum absolute atomic E-state index is 0.0243. The quantitative estimate of drug-likeness (QED) is 0.409. The Morgan fingerprint density at radius 2 is 1.95 bits per heavy atom. The fourth-order valence-corrected chi connectivity index (χ4v) is 11.0. The minimum Gasteiger partial charge on any atom is -0.370 e. The van der Waals surface area contributed by atoms with Crippen molar-refractivity contribution in [2.45, 2.75) is 116 Å². The van der Waals surface area contributed by atoms with Crippen molar-refractivity contribution in [3.8, 4) is 0 Å². The fourth-order valence-electron chi connectivity index (χ4n) is 11.0. The molecular formula is C37H52N2O3. The van der Waals surface area contributed by atoms with Gasteiger partial charge in [0.05, 0.1) is 18.1 Å². The van der Waals surface area contributed by atoms with E-state index >= 15 is 0 Å². The van der Waals surface area contributed by atoms with E-state index in [1.54, 1.807) is 11.1 Å². The van der Waals surface area contributed by atoms with Crippen molar-refractivity contribution in [3.05, 3.63) is 47.0 Å². The summed E-state index contributed by atoms with van der Waals surface area (Å²) in [6.07, 6.45) is 13.2. The van der Waals surface area contributed by atoms with Gasteiger partial charge in [-0.05, 0) is 105 Å². The number of ketones is 1. The van der Waals surface area contributed by atoms with Gasteiger partial charge in [-0.15, -0.1) is 0 Å². The summed E-state index contributed by atoms with van der Waals surface area (Å²) >= 11 is 0. The maximum Gasteiger partial charge on any atom is 0.224 e. The van der Waals surface area contributed by atoms with Crippen LogP contribution in [0.25, 0.3) is 0 Å². The summed E-state index contributed by atoms with van der Waals surface area (Å²) in [5.41, 5.74) is 4.82. The lowest BCUT2D eigenvalue weighted by Gasteiger charge is -2.52. The van der Waals surface area contributed by atoms with Crippen molar-refractivity contribution in [1.82, 2.24) is 10.2 Å². The van der Waals surface area contributed by atoms with E-state index in [0.717, 1.165) is 74.9 Å². The molecule has 9 atom stereocenters. The number of hydrogen-bond donors (Lipinski definition) is 1. The summed E-state index contributed by atoms with van der Waals surface area (Å²) in [7, 11) is 0. The number of Topliss-reactive ketones (excluding diaryl/α,β-unsaturated/α-hetero) is 1. The molecule has 7 rings (SSSR count). The standard InChI is InChI=1S/C37H52N2O3/c1-24-17-34-33(39(23-24)16-15-38-35(41)18-26-7-5-4-6-8-26)22-37(42-34)14-12-29-30-10-9-27-19-28(40)11-13-36(27,3)32(30)20-31(29)25(2)21-37/h4-8,24,27,29-30,32-34H,9-23H2,1-3H3,(H,38,41)/t24-,27+,29-,30-,32-,33-,34+,36-,37-/m0/s1. The first-order valence-electron chi connectivity index (χ1n) is 17.2. The van der Waals surface area contributed by atoms with Crippen LogP contribution in [0.5, 0.6) is 0 Å². The molecule has 1 aromatic rings. The molecule has 5 heteroatoms. The van der Waals surface area contributed by atoms with E-state index in [2.05, 4.69) is 31.0 Å². The van der Waals surface area contributed by atoms with Crippen molar-refractivity contribution in [3.63, 3.8) is 0 Å². The van der Waals surface area contributed by atoms with Crippen LogP contribution in [-0.2, 0) is 20.7 Å². The highest BCUT2D eigenvalue weighted by molar-refractivity contribution is 5.79. The van der Waals surface area contributed by atoms with Crippen LogP contribution in [0, 0.1) is 35.0 Å². The zero-order valence-electron chi connectivity index (χ0n) is 26.2. The number of benzene rings is 1. The molecule has 1 N–H and O–H groups in total. The van der Waals surface area contributed by atoms with Crippen molar-refractivity contribution in [1.29, 1.82) is 0 Å². The van der Waals surface area contributed by atoms with Gasteiger partial charge >= 0.3 is 0 Å². The molecule has 6 aliphatic rings. The zero-order valence-corrected chi connectivity index (χ0v) is 26.2. The molecule has 1 spiro atoms. The lowest BCUT2D eigenvalue weighted by atomic mass is 9.52. The van der Waals surface area contributed by atoms with E-state index in [-0.39, 0.29) is 11.5 Å². The molecule has 4 aliphatic carbocycles. The summed E-state index contributed by atoms with van der Waals surface area (Å²) in [5, 5.41) is 3.19. The first-order valence-corrected chi connectivity index (χ1v) is 17.2. The van der Waals surface area contributed by atoms with Gasteiger partial charge in [0.25, 0.3) is 0 Å². The summed E-state index contributed by atoms with van der Waals surface area (Å²) in [5.74, 6) is 4.16. The number of allylic oxidation sites excluding steroid dienone is 1. The van der Waals surface area contributed by atoms with Crippen LogP contribution in [-0.4, -0.2) is 54.0 Å². The Morgan fingerprint density at radius 1 is 1.12 bits per heavy atom. The van der Waals surface area contributed by atoms with Crippen LogP contribution < -0.4 is 5.32 Å². The lowest BCUT2D eigenvalue weighted by Crippen LogP contribution is -2.51. The molecule has 5 fully saturated rings. The molecule has 0 bridgehead atoms. The van der Waals surface area contributed by atoms with Crippen molar-refractivity contribution < 1.29 is 14.3 Å². The minimum atomic E-state index is -0.0243. The summed E-state index contributed by atoms with van der Waals surface area (Å²) < 4.78 is 7.17. The van der Waals surface area contributed by atoms with Gasteiger partial charge in [-0.2, -0.15) is 0 Å². The summed E-state index contributed by atoms with van der Waals surface area (Å²) in [6, 6.07) is 10.5. The summed E-state index contributed by atoms with van der Waals surface area (Å²) in [6.45, 7) is 10.1. The SMILES string of the molecule is CC1=C2C[C@H]3[C@@H](CC[C@@H]4CC(=O)CC[C@@]43C)[C@@H]2CC[C@]2(C1)C[C@H]1[C@@H](C[C@H](C)CN1CCNC(=O)Cc1ccccc1)O2. The highest BCUT2D eigenvalue weighted by atomic mass is 16.5. The van der Waals surface area contributed by atoms with Gasteiger partial charge in [0, 0.05) is 38.5 Å². The van der Waals surface area contributed by atoms with Gasteiger partial charge in [-0.3, -0.25) is 14.5 Å². The molecule has 1 aromatic carbocycles. The molecule has 2 heterocycles. The molecule has 0 aromatic heterocycles. The van der Waals surface area contributed by atoms with E-state index in [4.69, 9.17) is 4.74 Å². The first kappa shape index (κ1) is 28.8. The number of nitrogens with zero attached hydrogens (tertiary/aromatic N) is 1. The maximum absolute atomic E-state index is 12.6. The van der Waals surface area contributed by atoms with Crippen LogP contribution in [0.3, 0.4) is 0 Å². The number of rotatable bonds is 5. The molecule has 0 radical (unpaired) electrons. The predicted molar refractivity (Wildman–Crippen MR) is 166 cm³/mol. The Labute approximate surface area is 253 Å². The number of likely N-dealkylation sites (tertiary alicyclic amines) is 1. The Bertz CT molecular complexity index is 1230. The molecular weight excluding hydrogens is 520 g/mol. The number of amides is 1. The maximum atomic E-state index is 12.6. The van der Waals surface area contributed by atoms with E-state index < -0.39 is 0 Å². The Balaban J connectivity index is 1.01. The van der Waals surface area contributed by atoms with Crippen molar-refractivity contribution in [2.75, 3.05) is 19.6 Å². The average molecular weight is 573 g/mol. The van der Waals surface area contributed by atoms with E-state index in [0.29, 0.717) is 48.1 Å². The highest BCUT2D eigenvalue weighted by Gasteiger charge is 2.58. The number of fused-ring (bicyclic) bond motifs is 6. The topological polar surface area (TPSA) is 58.6 Å². The lowest BCUT2D eigenvalue weighted by molar-refractivity contribution is -0.129. The smallest absolute Gasteiger partial charge is 0.224 e. The van der Waals surface area contributed by atoms with Crippen molar-refractivity contribution in [2.24, 2.45) is 35.0 Å². The number of carbonyl (C=O) groups is 2. The molecule has 228 valence electrons.